The molecule has 5 heteroatoms. The van der Waals surface area contributed by atoms with Crippen LogP contribution in [0.25, 0.3) is 0 Å². The lowest BCUT2D eigenvalue weighted by Crippen LogP contribution is -2.32. The minimum absolute atomic E-state index is 0.0205. The maximum Gasteiger partial charge on any atom is 0.251 e. The van der Waals surface area contributed by atoms with Crippen LogP contribution in [-0.4, -0.2) is 31.4 Å². The second-order valence-electron chi connectivity index (χ2n) is 6.65. The Morgan fingerprint density at radius 3 is 2.75 bits per heavy atom. The fourth-order valence-corrected chi connectivity index (χ4v) is 3.16. The summed E-state index contributed by atoms with van der Waals surface area (Å²) in [6.45, 7) is 6.92. The van der Waals surface area contributed by atoms with E-state index in [9.17, 15) is 9.59 Å². The topological polar surface area (TPSA) is 70.2 Å². The molecule has 1 aromatic carbocycles. The number of anilines is 1. The lowest BCUT2D eigenvalue weighted by Gasteiger charge is -2.27. The van der Waals surface area contributed by atoms with E-state index in [0.29, 0.717) is 36.1 Å². The Balaban J connectivity index is 1.87. The van der Waals surface area contributed by atoms with Gasteiger partial charge in [0.25, 0.3) is 5.91 Å². The summed E-state index contributed by atoms with van der Waals surface area (Å²) in [6.07, 6.45) is 3.71. The predicted octanol–water partition coefficient (Wildman–Crippen LogP) is 2.79. The first-order valence-electron chi connectivity index (χ1n) is 8.99. The third-order valence-corrected chi connectivity index (χ3v) is 4.64. The fourth-order valence-electron chi connectivity index (χ4n) is 3.16. The molecule has 1 saturated heterocycles. The molecule has 1 unspecified atom stereocenters. The number of nitrogens with one attached hydrogen (secondary N) is 3. The monoisotopic (exact) mass is 331 g/mol. The Morgan fingerprint density at radius 2 is 2.04 bits per heavy atom. The molecule has 24 heavy (non-hydrogen) atoms. The quantitative estimate of drug-likeness (QED) is 0.719. The van der Waals surface area contributed by atoms with Gasteiger partial charge in [0.15, 0.2) is 0 Å². The number of carbonyl (C=O) groups excluding carboxylic acids is 2. The zero-order valence-corrected chi connectivity index (χ0v) is 14.7. The largest absolute Gasteiger partial charge is 0.352 e. The van der Waals surface area contributed by atoms with Gasteiger partial charge in [0.1, 0.15) is 0 Å². The molecule has 1 aliphatic rings. The van der Waals surface area contributed by atoms with Crippen molar-refractivity contribution in [2.75, 3.05) is 25.0 Å². The first-order chi connectivity index (χ1) is 11.6. The number of amides is 2. The van der Waals surface area contributed by atoms with E-state index in [2.05, 4.69) is 22.9 Å². The summed E-state index contributed by atoms with van der Waals surface area (Å²) in [7, 11) is 0. The van der Waals surface area contributed by atoms with Gasteiger partial charge in [-0.3, -0.25) is 9.59 Å². The number of piperidine rings is 1. The lowest BCUT2D eigenvalue weighted by atomic mass is 9.84. The van der Waals surface area contributed by atoms with Crippen LogP contribution in [0.2, 0.25) is 0 Å². The van der Waals surface area contributed by atoms with E-state index < -0.39 is 0 Å². The van der Waals surface area contributed by atoms with Crippen LogP contribution in [0.5, 0.6) is 0 Å². The SMILES string of the molecule is CCCNC(=O)c1cccc(NC(=O)CC(C)C2CCNCC2)c1. The molecule has 132 valence electrons. The molecule has 0 aliphatic carbocycles. The molecule has 0 aromatic heterocycles. The van der Waals surface area contributed by atoms with E-state index in [1.54, 1.807) is 18.2 Å². The lowest BCUT2D eigenvalue weighted by molar-refractivity contribution is -0.117. The van der Waals surface area contributed by atoms with Crippen LogP contribution < -0.4 is 16.0 Å². The van der Waals surface area contributed by atoms with Crippen molar-refractivity contribution in [3.05, 3.63) is 29.8 Å². The van der Waals surface area contributed by atoms with Gasteiger partial charge in [0.2, 0.25) is 5.91 Å². The molecule has 0 bridgehead atoms. The van der Waals surface area contributed by atoms with Crippen molar-refractivity contribution in [1.29, 1.82) is 0 Å². The van der Waals surface area contributed by atoms with Gasteiger partial charge in [-0.25, -0.2) is 0 Å². The van der Waals surface area contributed by atoms with Crippen LogP contribution in [0.1, 0.15) is 49.9 Å². The van der Waals surface area contributed by atoms with E-state index in [4.69, 9.17) is 0 Å². The molecule has 0 saturated carbocycles. The van der Waals surface area contributed by atoms with Crippen LogP contribution in [0.3, 0.4) is 0 Å². The number of hydrogen-bond acceptors (Lipinski definition) is 3. The smallest absolute Gasteiger partial charge is 0.251 e. The normalized spacial score (nSPS) is 16.4. The third kappa shape index (κ3) is 5.64. The first-order valence-corrected chi connectivity index (χ1v) is 8.99. The fraction of sp³-hybridized carbons (Fsp3) is 0.579. The standard InChI is InChI=1S/C19H29N3O2/c1-3-9-21-19(24)16-5-4-6-17(13-16)22-18(23)12-14(2)15-7-10-20-11-8-15/h4-6,13-15,20H,3,7-12H2,1-2H3,(H,21,24)(H,22,23). The van der Waals surface area contributed by atoms with E-state index >= 15 is 0 Å². The Hall–Kier alpha value is -1.88. The molecule has 3 N–H and O–H groups in total. The molecule has 1 fully saturated rings. The van der Waals surface area contributed by atoms with E-state index in [0.717, 1.165) is 32.4 Å². The van der Waals surface area contributed by atoms with Gasteiger partial charge >= 0.3 is 0 Å². The van der Waals surface area contributed by atoms with Crippen molar-refractivity contribution in [2.24, 2.45) is 11.8 Å². The highest BCUT2D eigenvalue weighted by Crippen LogP contribution is 2.24. The van der Waals surface area contributed by atoms with Crippen molar-refractivity contribution >= 4 is 17.5 Å². The Bertz CT molecular complexity index is 553. The van der Waals surface area contributed by atoms with Crippen LogP contribution in [0.15, 0.2) is 24.3 Å². The van der Waals surface area contributed by atoms with Gasteiger partial charge in [-0.1, -0.05) is 19.9 Å². The predicted molar refractivity (Wildman–Crippen MR) is 97.1 cm³/mol. The first kappa shape index (κ1) is 18.5. The average Bonchev–Trinajstić information content (AvgIpc) is 2.60. The van der Waals surface area contributed by atoms with Crippen molar-refractivity contribution < 1.29 is 9.59 Å². The number of hydrogen-bond donors (Lipinski definition) is 3. The van der Waals surface area contributed by atoms with Gasteiger partial charge in [-0.15, -0.1) is 0 Å². The molecule has 0 spiro atoms. The summed E-state index contributed by atoms with van der Waals surface area (Å²) in [5.41, 5.74) is 1.26. The summed E-state index contributed by atoms with van der Waals surface area (Å²) >= 11 is 0. The molecule has 2 amide bonds. The minimum atomic E-state index is -0.101. The maximum absolute atomic E-state index is 12.3. The minimum Gasteiger partial charge on any atom is -0.352 e. The molecule has 0 radical (unpaired) electrons. The van der Waals surface area contributed by atoms with Gasteiger partial charge in [0, 0.05) is 24.2 Å². The van der Waals surface area contributed by atoms with E-state index in [1.165, 1.54) is 0 Å². The van der Waals surface area contributed by atoms with Crippen LogP contribution in [0.4, 0.5) is 5.69 Å². The van der Waals surface area contributed by atoms with E-state index in [1.807, 2.05) is 13.0 Å². The zero-order valence-electron chi connectivity index (χ0n) is 14.7. The average molecular weight is 331 g/mol. The van der Waals surface area contributed by atoms with Gasteiger partial charge in [0.05, 0.1) is 0 Å². The highest BCUT2D eigenvalue weighted by atomic mass is 16.2. The van der Waals surface area contributed by atoms with E-state index in [-0.39, 0.29) is 11.8 Å². The Kier molecular flexibility index (Phi) is 7.25. The van der Waals surface area contributed by atoms with Crippen LogP contribution >= 0.6 is 0 Å². The molecule has 1 aliphatic heterocycles. The van der Waals surface area contributed by atoms with Crippen molar-refractivity contribution in [2.45, 2.75) is 39.5 Å². The summed E-state index contributed by atoms with van der Waals surface area (Å²) in [5.74, 6) is 0.912. The molecule has 1 atom stereocenters. The third-order valence-electron chi connectivity index (χ3n) is 4.64. The van der Waals surface area contributed by atoms with Crippen LogP contribution in [0, 0.1) is 11.8 Å². The van der Waals surface area contributed by atoms with Gasteiger partial charge in [-0.2, -0.15) is 0 Å². The van der Waals surface area contributed by atoms with Crippen molar-refractivity contribution in [3.8, 4) is 0 Å². The van der Waals surface area contributed by atoms with Crippen molar-refractivity contribution in [1.82, 2.24) is 10.6 Å². The second-order valence-corrected chi connectivity index (χ2v) is 6.65. The highest BCUT2D eigenvalue weighted by Gasteiger charge is 2.22. The molecule has 2 rings (SSSR count). The maximum atomic E-state index is 12.3. The summed E-state index contributed by atoms with van der Waals surface area (Å²) in [6, 6.07) is 7.12. The van der Waals surface area contributed by atoms with Gasteiger partial charge < -0.3 is 16.0 Å². The summed E-state index contributed by atoms with van der Waals surface area (Å²) < 4.78 is 0. The molecule has 1 heterocycles. The molecular weight excluding hydrogens is 302 g/mol. The molecule has 1 aromatic rings. The Morgan fingerprint density at radius 1 is 1.29 bits per heavy atom. The Labute approximate surface area is 144 Å². The number of benzene rings is 1. The molecule has 5 nitrogen and oxygen atoms in total. The second kappa shape index (κ2) is 9.42. The molecular formula is C19H29N3O2. The van der Waals surface area contributed by atoms with Crippen LogP contribution in [-0.2, 0) is 4.79 Å². The number of rotatable bonds is 7. The van der Waals surface area contributed by atoms with Gasteiger partial charge in [-0.05, 0) is 62.4 Å². The van der Waals surface area contributed by atoms with Crippen molar-refractivity contribution in [3.63, 3.8) is 0 Å². The summed E-state index contributed by atoms with van der Waals surface area (Å²) in [4.78, 5) is 24.3. The zero-order chi connectivity index (χ0) is 17.4. The summed E-state index contributed by atoms with van der Waals surface area (Å²) in [5, 5.41) is 9.13. The number of carbonyl (C=O) groups is 2. The highest BCUT2D eigenvalue weighted by molar-refractivity contribution is 5.97.